The number of nitrogens with one attached hydrogen (secondary N) is 1. The Morgan fingerprint density at radius 1 is 1.35 bits per heavy atom. The Morgan fingerprint density at radius 2 is 2.00 bits per heavy atom. The van der Waals surface area contributed by atoms with Gasteiger partial charge in [0.1, 0.15) is 0 Å². The molecule has 1 rings (SSSR count). The highest BCUT2D eigenvalue weighted by atomic mass is 32.2. The third-order valence-electron chi connectivity index (χ3n) is 2.97. The first kappa shape index (κ1) is 14.2. The fourth-order valence-corrected chi connectivity index (χ4v) is 2.63. The molecule has 0 saturated heterocycles. The Morgan fingerprint density at radius 3 is 2.47 bits per heavy atom. The lowest BCUT2D eigenvalue weighted by Crippen LogP contribution is -2.35. The maximum atomic E-state index is 11.7. The molecule has 0 bridgehead atoms. The molecule has 4 heteroatoms. The van der Waals surface area contributed by atoms with Gasteiger partial charge in [0.2, 0.25) is 0 Å². The van der Waals surface area contributed by atoms with E-state index >= 15 is 0 Å². The van der Waals surface area contributed by atoms with Crippen molar-refractivity contribution in [3.8, 4) is 0 Å². The molecule has 1 aromatic carbocycles. The van der Waals surface area contributed by atoms with E-state index in [-0.39, 0.29) is 6.04 Å². The van der Waals surface area contributed by atoms with Gasteiger partial charge in [-0.3, -0.25) is 0 Å². The minimum Gasteiger partial charge on any atom is -0.309 e. The van der Waals surface area contributed by atoms with E-state index in [2.05, 4.69) is 5.32 Å². The van der Waals surface area contributed by atoms with E-state index in [1.165, 1.54) is 6.26 Å². The minimum atomic E-state index is -3.05. The third-order valence-corrected chi connectivity index (χ3v) is 4.59. The maximum Gasteiger partial charge on any atom is 0.151 e. The zero-order valence-electron chi connectivity index (χ0n) is 10.9. The number of hydrogen-bond donors (Lipinski definition) is 1. The van der Waals surface area contributed by atoms with Crippen LogP contribution in [0.2, 0.25) is 0 Å². The van der Waals surface area contributed by atoms with Gasteiger partial charge in [0.05, 0.1) is 5.25 Å². The first-order chi connectivity index (χ1) is 7.86. The second-order valence-corrected chi connectivity index (χ2v) is 6.89. The summed E-state index contributed by atoms with van der Waals surface area (Å²) in [5.41, 5.74) is 2.18. The Hall–Kier alpha value is -0.870. The second kappa shape index (κ2) is 5.65. The van der Waals surface area contributed by atoms with Crippen LogP contribution in [0.5, 0.6) is 0 Å². The zero-order valence-corrected chi connectivity index (χ0v) is 11.7. The fraction of sp³-hybridized carbons (Fsp3) is 0.538. The molecule has 1 N–H and O–H groups in total. The van der Waals surface area contributed by atoms with Gasteiger partial charge < -0.3 is 5.32 Å². The molecule has 2 unspecified atom stereocenters. The number of hydrogen-bond acceptors (Lipinski definition) is 3. The lowest BCUT2D eigenvalue weighted by molar-refractivity contribution is 0.513. The van der Waals surface area contributed by atoms with Crippen LogP contribution in [0.15, 0.2) is 24.3 Å². The van der Waals surface area contributed by atoms with E-state index in [9.17, 15) is 8.42 Å². The SMILES string of the molecule is CCNC(c1cccc(C)c1)C(C)S(C)(=O)=O. The molecule has 0 heterocycles. The summed E-state index contributed by atoms with van der Waals surface area (Å²) < 4.78 is 23.3. The first-order valence-corrected chi connectivity index (χ1v) is 7.80. The smallest absolute Gasteiger partial charge is 0.151 e. The van der Waals surface area contributed by atoms with Gasteiger partial charge in [-0.2, -0.15) is 0 Å². The van der Waals surface area contributed by atoms with Crippen molar-refractivity contribution in [1.82, 2.24) is 5.32 Å². The van der Waals surface area contributed by atoms with Crippen molar-refractivity contribution >= 4 is 9.84 Å². The van der Waals surface area contributed by atoms with Crippen LogP contribution >= 0.6 is 0 Å². The summed E-state index contributed by atoms with van der Waals surface area (Å²) >= 11 is 0. The van der Waals surface area contributed by atoms with Crippen LogP contribution in [-0.2, 0) is 9.84 Å². The van der Waals surface area contributed by atoms with Crippen molar-refractivity contribution in [2.45, 2.75) is 32.1 Å². The summed E-state index contributed by atoms with van der Waals surface area (Å²) in [6.07, 6.45) is 1.29. The highest BCUT2D eigenvalue weighted by Gasteiger charge is 2.26. The van der Waals surface area contributed by atoms with Crippen LogP contribution in [0.4, 0.5) is 0 Å². The summed E-state index contributed by atoms with van der Waals surface area (Å²) in [7, 11) is -3.05. The molecule has 0 aliphatic heterocycles. The molecule has 2 atom stereocenters. The molecule has 0 aliphatic carbocycles. The number of rotatable bonds is 5. The molecule has 17 heavy (non-hydrogen) atoms. The molecule has 0 amide bonds. The number of sulfone groups is 1. The molecule has 96 valence electrons. The highest BCUT2D eigenvalue weighted by molar-refractivity contribution is 7.91. The van der Waals surface area contributed by atoms with Crippen molar-refractivity contribution < 1.29 is 8.42 Å². The standard InChI is InChI=1S/C13H21NO2S/c1-5-14-13(11(3)17(4,15)16)12-8-6-7-10(2)9-12/h6-9,11,13-14H,5H2,1-4H3. The Kier molecular flexibility index (Phi) is 4.71. The van der Waals surface area contributed by atoms with Gasteiger partial charge in [-0.05, 0) is 26.0 Å². The molecule has 0 spiro atoms. The summed E-state index contributed by atoms with van der Waals surface area (Å²) in [4.78, 5) is 0. The lowest BCUT2D eigenvalue weighted by atomic mass is 10.0. The molecule has 1 aromatic rings. The molecular formula is C13H21NO2S. The van der Waals surface area contributed by atoms with Crippen LogP contribution in [0.1, 0.15) is 31.0 Å². The van der Waals surface area contributed by atoms with Gasteiger partial charge >= 0.3 is 0 Å². The van der Waals surface area contributed by atoms with E-state index in [1.807, 2.05) is 38.1 Å². The summed E-state index contributed by atoms with van der Waals surface area (Å²) in [5, 5.41) is 2.83. The number of benzene rings is 1. The van der Waals surface area contributed by atoms with E-state index in [0.29, 0.717) is 0 Å². The maximum absolute atomic E-state index is 11.7. The minimum absolute atomic E-state index is 0.144. The normalized spacial score (nSPS) is 15.5. The second-order valence-electron chi connectivity index (χ2n) is 4.48. The van der Waals surface area contributed by atoms with Gasteiger partial charge in [0.25, 0.3) is 0 Å². The molecule has 0 radical (unpaired) electrons. The molecule has 0 saturated carbocycles. The molecule has 0 aliphatic rings. The van der Waals surface area contributed by atoms with Crippen LogP contribution in [0.25, 0.3) is 0 Å². The number of aryl methyl sites for hydroxylation is 1. The Bertz CT molecular complexity index is 468. The summed E-state index contributed by atoms with van der Waals surface area (Å²) in [5.74, 6) is 0. The largest absolute Gasteiger partial charge is 0.309 e. The quantitative estimate of drug-likeness (QED) is 0.876. The van der Waals surface area contributed by atoms with E-state index in [4.69, 9.17) is 0 Å². The topological polar surface area (TPSA) is 46.2 Å². The lowest BCUT2D eigenvalue weighted by Gasteiger charge is -2.24. The first-order valence-electron chi connectivity index (χ1n) is 5.85. The van der Waals surface area contributed by atoms with Crippen molar-refractivity contribution in [3.63, 3.8) is 0 Å². The predicted octanol–water partition coefficient (Wildman–Crippen LogP) is 2.08. The average Bonchev–Trinajstić information content (AvgIpc) is 2.23. The third kappa shape index (κ3) is 3.82. The van der Waals surface area contributed by atoms with Gasteiger partial charge in [0, 0.05) is 12.3 Å². The fourth-order valence-electron chi connectivity index (χ4n) is 1.89. The van der Waals surface area contributed by atoms with Crippen molar-refractivity contribution in [3.05, 3.63) is 35.4 Å². The van der Waals surface area contributed by atoms with Crippen LogP contribution in [0, 0.1) is 6.92 Å². The highest BCUT2D eigenvalue weighted by Crippen LogP contribution is 2.22. The van der Waals surface area contributed by atoms with Gasteiger partial charge in [0.15, 0.2) is 9.84 Å². The monoisotopic (exact) mass is 255 g/mol. The van der Waals surface area contributed by atoms with E-state index in [1.54, 1.807) is 6.92 Å². The Balaban J connectivity index is 3.09. The molecule has 0 fully saturated rings. The molecular weight excluding hydrogens is 234 g/mol. The predicted molar refractivity (Wildman–Crippen MR) is 71.9 cm³/mol. The molecule has 3 nitrogen and oxygen atoms in total. The van der Waals surface area contributed by atoms with Crippen LogP contribution < -0.4 is 5.32 Å². The molecule has 0 aromatic heterocycles. The van der Waals surface area contributed by atoms with Gasteiger partial charge in [-0.25, -0.2) is 8.42 Å². The van der Waals surface area contributed by atoms with Gasteiger partial charge in [-0.15, -0.1) is 0 Å². The zero-order chi connectivity index (χ0) is 13.1. The summed E-state index contributed by atoms with van der Waals surface area (Å²) in [6, 6.07) is 7.84. The van der Waals surface area contributed by atoms with Gasteiger partial charge in [-0.1, -0.05) is 36.8 Å². The van der Waals surface area contributed by atoms with Crippen LogP contribution in [0.3, 0.4) is 0 Å². The van der Waals surface area contributed by atoms with Crippen molar-refractivity contribution in [2.75, 3.05) is 12.8 Å². The average molecular weight is 255 g/mol. The summed E-state index contributed by atoms with van der Waals surface area (Å²) in [6.45, 7) is 6.50. The van der Waals surface area contributed by atoms with Crippen molar-refractivity contribution in [1.29, 1.82) is 0 Å². The van der Waals surface area contributed by atoms with E-state index in [0.717, 1.165) is 17.7 Å². The Labute approximate surface area is 104 Å². The van der Waals surface area contributed by atoms with Crippen LogP contribution in [-0.4, -0.2) is 26.5 Å². The van der Waals surface area contributed by atoms with E-state index < -0.39 is 15.1 Å². The van der Waals surface area contributed by atoms with Crippen molar-refractivity contribution in [2.24, 2.45) is 0 Å².